The molecule has 0 spiro atoms. The summed E-state index contributed by atoms with van der Waals surface area (Å²) < 4.78 is 6.79. The lowest BCUT2D eigenvalue weighted by atomic mass is 9.95. The molecule has 106 valence electrons. The SMILES string of the molecule is CCOC(=O)C1(n2cnc3cncnc32)CSCC1O. The van der Waals surface area contributed by atoms with Crippen LogP contribution in [0.2, 0.25) is 0 Å². The molecule has 1 fully saturated rings. The number of carbonyl (C=O) groups excluding carboxylic acids is 1. The molecule has 7 nitrogen and oxygen atoms in total. The predicted molar refractivity (Wildman–Crippen MR) is 73.3 cm³/mol. The van der Waals surface area contributed by atoms with Gasteiger partial charge in [0.15, 0.2) is 11.2 Å². The molecule has 0 amide bonds. The van der Waals surface area contributed by atoms with Crippen molar-refractivity contribution in [1.82, 2.24) is 19.5 Å². The molecule has 1 N–H and O–H groups in total. The first-order chi connectivity index (χ1) is 9.70. The summed E-state index contributed by atoms with van der Waals surface area (Å²) in [6, 6.07) is 0. The Balaban J connectivity index is 2.17. The Hall–Kier alpha value is -1.67. The van der Waals surface area contributed by atoms with E-state index in [4.69, 9.17) is 4.74 Å². The third-order valence-electron chi connectivity index (χ3n) is 3.42. The van der Waals surface area contributed by atoms with E-state index in [0.717, 1.165) is 0 Å². The number of hydrogen-bond acceptors (Lipinski definition) is 7. The van der Waals surface area contributed by atoms with Crippen LogP contribution in [0.1, 0.15) is 6.92 Å². The summed E-state index contributed by atoms with van der Waals surface area (Å²) in [4.78, 5) is 24.7. The predicted octanol–water partition coefficient (Wildman–Crippen LogP) is 0.192. The van der Waals surface area contributed by atoms with E-state index in [2.05, 4.69) is 15.0 Å². The number of hydrogen-bond donors (Lipinski definition) is 1. The number of aliphatic hydroxyl groups is 1. The molecule has 1 aliphatic heterocycles. The summed E-state index contributed by atoms with van der Waals surface area (Å²) in [5, 5.41) is 10.4. The molecular formula is C12H14N4O3S. The number of imidazole rings is 1. The number of ether oxygens (including phenoxy) is 1. The third-order valence-corrected chi connectivity index (χ3v) is 4.62. The van der Waals surface area contributed by atoms with Gasteiger partial charge in [0.1, 0.15) is 11.8 Å². The van der Waals surface area contributed by atoms with Crippen molar-refractivity contribution in [1.29, 1.82) is 0 Å². The minimum atomic E-state index is -1.16. The van der Waals surface area contributed by atoms with Gasteiger partial charge in [0.2, 0.25) is 0 Å². The molecule has 3 rings (SSSR count). The van der Waals surface area contributed by atoms with Crippen molar-refractivity contribution >= 4 is 28.9 Å². The summed E-state index contributed by atoms with van der Waals surface area (Å²) in [5.74, 6) is 0.460. The Kier molecular flexibility index (Phi) is 3.35. The highest BCUT2D eigenvalue weighted by Gasteiger charge is 2.53. The Morgan fingerprint density at radius 2 is 2.50 bits per heavy atom. The quantitative estimate of drug-likeness (QED) is 0.808. The summed E-state index contributed by atoms with van der Waals surface area (Å²) in [6.07, 6.45) is 3.66. The highest BCUT2D eigenvalue weighted by Crippen LogP contribution is 2.37. The highest BCUT2D eigenvalue weighted by molar-refractivity contribution is 7.99. The van der Waals surface area contributed by atoms with Crippen LogP contribution in [0.5, 0.6) is 0 Å². The molecule has 20 heavy (non-hydrogen) atoms. The Bertz CT molecular complexity index is 646. The van der Waals surface area contributed by atoms with E-state index in [0.29, 0.717) is 22.7 Å². The number of nitrogens with zero attached hydrogens (tertiary/aromatic N) is 4. The van der Waals surface area contributed by atoms with Crippen LogP contribution in [0.25, 0.3) is 11.2 Å². The summed E-state index contributed by atoms with van der Waals surface area (Å²) >= 11 is 1.51. The maximum absolute atomic E-state index is 12.4. The number of rotatable bonds is 3. The second-order valence-corrected chi connectivity index (χ2v) is 5.55. The molecule has 2 atom stereocenters. The van der Waals surface area contributed by atoms with E-state index >= 15 is 0 Å². The van der Waals surface area contributed by atoms with Crippen molar-refractivity contribution in [3.63, 3.8) is 0 Å². The van der Waals surface area contributed by atoms with Crippen LogP contribution >= 0.6 is 11.8 Å². The average molecular weight is 294 g/mol. The Morgan fingerprint density at radius 1 is 1.65 bits per heavy atom. The Labute approximate surface area is 119 Å². The zero-order valence-electron chi connectivity index (χ0n) is 10.9. The zero-order chi connectivity index (χ0) is 14.2. The van der Waals surface area contributed by atoms with Crippen molar-refractivity contribution < 1.29 is 14.6 Å². The van der Waals surface area contributed by atoms with E-state index in [-0.39, 0.29) is 6.61 Å². The summed E-state index contributed by atoms with van der Waals surface area (Å²) in [6.45, 7) is 2.01. The van der Waals surface area contributed by atoms with Crippen LogP contribution in [0.15, 0.2) is 18.9 Å². The minimum Gasteiger partial charge on any atom is -0.464 e. The molecule has 0 saturated carbocycles. The number of fused-ring (bicyclic) bond motifs is 1. The molecule has 1 aliphatic rings. The first kappa shape index (κ1) is 13.3. The smallest absolute Gasteiger partial charge is 0.336 e. The standard InChI is InChI=1S/C12H14N4O3S/c1-2-19-11(18)12(5-20-4-9(12)17)16-7-15-8-3-13-6-14-10(8)16/h3,6-7,9,17H,2,4-5H2,1H3. The summed E-state index contributed by atoms with van der Waals surface area (Å²) in [5.41, 5.74) is -0.0565. The van der Waals surface area contributed by atoms with Crippen molar-refractivity contribution in [2.45, 2.75) is 18.6 Å². The van der Waals surface area contributed by atoms with Gasteiger partial charge in [-0.25, -0.2) is 19.7 Å². The van der Waals surface area contributed by atoms with Crippen molar-refractivity contribution in [3.05, 3.63) is 18.9 Å². The van der Waals surface area contributed by atoms with E-state index in [1.165, 1.54) is 24.4 Å². The molecule has 0 aliphatic carbocycles. The van der Waals surface area contributed by atoms with E-state index in [1.54, 1.807) is 17.7 Å². The molecule has 1 saturated heterocycles. The fourth-order valence-electron chi connectivity index (χ4n) is 2.40. The third kappa shape index (κ3) is 1.79. The van der Waals surface area contributed by atoms with Crippen molar-refractivity contribution in [2.24, 2.45) is 0 Å². The number of carbonyl (C=O) groups is 1. The van der Waals surface area contributed by atoms with Gasteiger partial charge in [0.05, 0.1) is 25.2 Å². The van der Waals surface area contributed by atoms with Crippen LogP contribution in [-0.4, -0.2) is 54.8 Å². The molecular weight excluding hydrogens is 280 g/mol. The first-order valence-electron chi connectivity index (χ1n) is 6.26. The molecule has 8 heteroatoms. The molecule has 2 aromatic rings. The maximum Gasteiger partial charge on any atom is 0.336 e. The molecule has 2 aromatic heterocycles. The van der Waals surface area contributed by atoms with E-state index in [1.807, 2.05) is 0 Å². The molecule has 0 bridgehead atoms. The lowest BCUT2D eigenvalue weighted by molar-refractivity contribution is -0.157. The fourth-order valence-corrected chi connectivity index (χ4v) is 3.78. The topological polar surface area (TPSA) is 90.1 Å². The van der Waals surface area contributed by atoms with Crippen LogP contribution in [-0.2, 0) is 15.1 Å². The molecule has 0 aromatic carbocycles. The number of thioether (sulfide) groups is 1. The van der Waals surface area contributed by atoms with E-state index in [9.17, 15) is 9.90 Å². The second kappa shape index (κ2) is 5.02. The lowest BCUT2D eigenvalue weighted by Gasteiger charge is -2.30. The van der Waals surface area contributed by atoms with Gasteiger partial charge in [-0.15, -0.1) is 0 Å². The monoisotopic (exact) mass is 294 g/mol. The second-order valence-electron chi connectivity index (χ2n) is 4.52. The maximum atomic E-state index is 12.4. The number of aliphatic hydroxyl groups excluding tert-OH is 1. The lowest BCUT2D eigenvalue weighted by Crippen LogP contribution is -2.51. The van der Waals surface area contributed by atoms with Crippen LogP contribution < -0.4 is 0 Å². The number of aromatic nitrogens is 4. The van der Waals surface area contributed by atoms with Gasteiger partial charge in [-0.2, -0.15) is 11.8 Å². The minimum absolute atomic E-state index is 0.263. The zero-order valence-corrected chi connectivity index (χ0v) is 11.7. The van der Waals surface area contributed by atoms with Gasteiger partial charge in [-0.3, -0.25) is 4.57 Å². The van der Waals surface area contributed by atoms with Crippen LogP contribution in [0, 0.1) is 0 Å². The Morgan fingerprint density at radius 3 is 3.20 bits per heavy atom. The van der Waals surface area contributed by atoms with Crippen LogP contribution in [0.4, 0.5) is 0 Å². The average Bonchev–Trinajstić information content (AvgIpc) is 3.03. The van der Waals surface area contributed by atoms with Crippen molar-refractivity contribution in [3.8, 4) is 0 Å². The normalized spacial score (nSPS) is 26.0. The summed E-state index contributed by atoms with van der Waals surface area (Å²) in [7, 11) is 0. The van der Waals surface area contributed by atoms with Gasteiger partial charge >= 0.3 is 5.97 Å². The van der Waals surface area contributed by atoms with Gasteiger partial charge in [0, 0.05) is 11.5 Å². The highest BCUT2D eigenvalue weighted by atomic mass is 32.2. The largest absolute Gasteiger partial charge is 0.464 e. The first-order valence-corrected chi connectivity index (χ1v) is 7.42. The van der Waals surface area contributed by atoms with Crippen LogP contribution in [0.3, 0.4) is 0 Å². The number of esters is 1. The molecule has 0 radical (unpaired) electrons. The van der Waals surface area contributed by atoms with Gasteiger partial charge < -0.3 is 9.84 Å². The molecule has 3 heterocycles. The van der Waals surface area contributed by atoms with Gasteiger partial charge in [-0.1, -0.05) is 0 Å². The van der Waals surface area contributed by atoms with Gasteiger partial charge in [0.25, 0.3) is 0 Å². The van der Waals surface area contributed by atoms with Crippen molar-refractivity contribution in [2.75, 3.05) is 18.1 Å². The molecule has 2 unspecified atom stereocenters. The fraction of sp³-hybridized carbons (Fsp3) is 0.500. The van der Waals surface area contributed by atoms with E-state index < -0.39 is 17.6 Å². The van der Waals surface area contributed by atoms with Gasteiger partial charge in [-0.05, 0) is 6.92 Å².